The maximum atomic E-state index is 11.3. The summed E-state index contributed by atoms with van der Waals surface area (Å²) in [6.45, 7) is 0. The van der Waals surface area contributed by atoms with Gasteiger partial charge in [-0.15, -0.1) is 0 Å². The fraction of sp³-hybridized carbons (Fsp3) is 0.200. The number of ether oxygens (including phenoxy) is 2. The first-order chi connectivity index (χ1) is 8.29. The molecular weight excluding hydrogens is 341 g/mol. The van der Waals surface area contributed by atoms with Crippen molar-refractivity contribution in [3.05, 3.63) is 29.3 Å². The largest absolute Gasteiger partial charge is 1.00 e. The van der Waals surface area contributed by atoms with Gasteiger partial charge in [-0.25, -0.2) is 9.59 Å². The monoisotopic (exact) mass is 350 g/mol. The van der Waals surface area contributed by atoms with Crippen LogP contribution in [0.2, 0.25) is 0 Å². The van der Waals surface area contributed by atoms with Gasteiger partial charge >= 0.3 is 115 Å². The topological polar surface area (TPSA) is 116 Å². The van der Waals surface area contributed by atoms with Gasteiger partial charge in [0.1, 0.15) is 0 Å². The van der Waals surface area contributed by atoms with Crippen molar-refractivity contribution in [1.82, 2.24) is 0 Å². The van der Waals surface area contributed by atoms with Crippen LogP contribution in [-0.2, 0) is 14.0 Å². The summed E-state index contributed by atoms with van der Waals surface area (Å²) < 4.78 is 19.7. The summed E-state index contributed by atoms with van der Waals surface area (Å²) in [4.78, 5) is 44.4. The van der Waals surface area contributed by atoms with Gasteiger partial charge in [-0.3, -0.25) is 0 Å². The van der Waals surface area contributed by atoms with Crippen molar-refractivity contribution in [2.24, 2.45) is 0 Å². The minimum Gasteiger partial charge on any atom is -0.807 e. The Kier molecular flexibility index (Phi) is 12.4. The van der Waals surface area contributed by atoms with E-state index in [4.69, 9.17) is 0 Å². The summed E-state index contributed by atoms with van der Waals surface area (Å²) in [6.07, 6.45) is 0. The Morgan fingerprint density at radius 2 is 1.30 bits per heavy atom. The van der Waals surface area contributed by atoms with Crippen LogP contribution in [0.25, 0.3) is 0 Å². The van der Waals surface area contributed by atoms with Crippen LogP contribution in [0, 0.1) is 0 Å². The molecule has 0 atom stereocenters. The molecule has 0 saturated heterocycles. The number of carbonyl (C=O) groups excluding carboxylic acids is 2. The molecule has 0 aliphatic rings. The van der Waals surface area contributed by atoms with E-state index >= 15 is 0 Å². The van der Waals surface area contributed by atoms with Crippen LogP contribution in [0.3, 0.4) is 0 Å². The van der Waals surface area contributed by atoms with Crippen molar-refractivity contribution in [3.63, 3.8) is 0 Å². The quantitative estimate of drug-likeness (QED) is 0.302. The molecule has 0 unspecified atom stereocenters. The average molecular weight is 350 g/mol. The van der Waals surface area contributed by atoms with E-state index in [1.54, 1.807) is 0 Å². The van der Waals surface area contributed by atoms with Crippen molar-refractivity contribution in [2.45, 2.75) is 0 Å². The number of hydrogen-bond acceptors (Lipinski definition) is 7. The molecule has 0 N–H and O–H groups in total. The first kappa shape index (κ1) is 23.8. The van der Waals surface area contributed by atoms with Crippen molar-refractivity contribution in [3.8, 4) is 0 Å². The number of esters is 2. The van der Waals surface area contributed by atoms with E-state index in [9.17, 15) is 23.9 Å². The van der Waals surface area contributed by atoms with Gasteiger partial charge in [-0.05, 0) is 31.1 Å². The standard InChI is InChI=1S/C10H11O7P.2K/c1-16-9(11)6-3-7(10(12)17-2)5-8(4-6)18(13,14)15;;/h3-5H,1-2H3,(H2,13,14,15);;/q;2*+1/p-2. The third-order valence-corrected chi connectivity index (χ3v) is 2.97. The minimum absolute atomic E-state index is 0. The molecule has 0 bridgehead atoms. The second-order valence-electron chi connectivity index (χ2n) is 3.25. The number of hydrogen-bond donors (Lipinski definition) is 0. The SMILES string of the molecule is COC(=O)c1cc(C(=O)OC)cc(P(=O)([O-])[O-])c1.[K+].[K+]. The molecule has 0 fully saturated rings. The number of benzene rings is 1. The summed E-state index contributed by atoms with van der Waals surface area (Å²) in [7, 11) is -2.92. The van der Waals surface area contributed by atoms with Gasteiger partial charge < -0.3 is 23.8 Å². The molecule has 0 saturated carbocycles. The fourth-order valence-electron chi connectivity index (χ4n) is 1.24. The molecule has 0 aliphatic heterocycles. The van der Waals surface area contributed by atoms with Crippen LogP contribution in [0.5, 0.6) is 0 Å². The zero-order chi connectivity index (χ0) is 13.9. The Labute approximate surface area is 200 Å². The van der Waals surface area contributed by atoms with Gasteiger partial charge in [0.25, 0.3) is 0 Å². The Morgan fingerprint density at radius 3 is 1.55 bits per heavy atom. The molecule has 0 spiro atoms. The maximum Gasteiger partial charge on any atom is 1.00 e. The molecule has 1 rings (SSSR count). The summed E-state index contributed by atoms with van der Waals surface area (Å²) in [5.41, 5.74) is -0.440. The van der Waals surface area contributed by atoms with Crippen LogP contribution >= 0.6 is 7.60 Å². The first-order valence-corrected chi connectivity index (χ1v) is 6.18. The van der Waals surface area contributed by atoms with Gasteiger partial charge in [-0.1, -0.05) is 0 Å². The van der Waals surface area contributed by atoms with Gasteiger partial charge in [0.05, 0.1) is 25.3 Å². The molecule has 0 radical (unpaired) electrons. The van der Waals surface area contributed by atoms with E-state index in [1.165, 1.54) is 0 Å². The molecule has 7 nitrogen and oxygen atoms in total. The average Bonchev–Trinajstić information content (AvgIpc) is 2.35. The second-order valence-corrected chi connectivity index (χ2v) is 4.76. The molecular formula is C10H9K2O7P. The Hall–Kier alpha value is 1.58. The van der Waals surface area contributed by atoms with Crippen molar-refractivity contribution >= 4 is 24.8 Å². The van der Waals surface area contributed by atoms with Crippen molar-refractivity contribution in [1.29, 1.82) is 0 Å². The van der Waals surface area contributed by atoms with Crippen molar-refractivity contribution < 1.29 is 136 Å². The summed E-state index contributed by atoms with van der Waals surface area (Å²) in [5.74, 6) is -1.73. The number of methoxy groups -OCH3 is 2. The van der Waals surface area contributed by atoms with Crippen LogP contribution in [-0.4, -0.2) is 26.2 Å². The van der Waals surface area contributed by atoms with Crippen LogP contribution < -0.4 is 118 Å². The molecule has 0 heterocycles. The predicted octanol–water partition coefficient (Wildman–Crippen LogP) is -7.19. The molecule has 98 valence electrons. The van der Waals surface area contributed by atoms with Gasteiger partial charge in [-0.2, -0.15) is 0 Å². The third-order valence-electron chi connectivity index (χ3n) is 2.08. The zero-order valence-electron chi connectivity index (χ0n) is 11.5. The van der Waals surface area contributed by atoms with Gasteiger partial charge in [0.2, 0.25) is 0 Å². The predicted molar refractivity (Wildman–Crippen MR) is 56.4 cm³/mol. The van der Waals surface area contributed by atoms with Crippen molar-refractivity contribution in [2.75, 3.05) is 14.2 Å². The molecule has 20 heavy (non-hydrogen) atoms. The Morgan fingerprint density at radius 1 is 0.950 bits per heavy atom. The second kappa shape index (κ2) is 10.4. The van der Waals surface area contributed by atoms with E-state index in [-0.39, 0.29) is 114 Å². The maximum absolute atomic E-state index is 11.3. The molecule has 0 amide bonds. The molecule has 1 aromatic rings. The zero-order valence-corrected chi connectivity index (χ0v) is 18.7. The smallest absolute Gasteiger partial charge is 0.807 e. The third kappa shape index (κ3) is 6.78. The first-order valence-electron chi connectivity index (χ1n) is 4.64. The van der Waals surface area contributed by atoms with Crippen LogP contribution in [0.4, 0.5) is 0 Å². The Balaban J connectivity index is 0. The molecule has 10 heteroatoms. The van der Waals surface area contributed by atoms with Crippen LogP contribution in [0.15, 0.2) is 18.2 Å². The van der Waals surface area contributed by atoms with E-state index in [0.717, 1.165) is 32.4 Å². The summed E-state index contributed by atoms with van der Waals surface area (Å²) in [6, 6.07) is 2.77. The molecule has 0 aromatic heterocycles. The van der Waals surface area contributed by atoms with Gasteiger partial charge in [0, 0.05) is 0 Å². The van der Waals surface area contributed by atoms with Crippen LogP contribution in [0.1, 0.15) is 20.7 Å². The molecule has 0 aliphatic carbocycles. The Bertz CT molecular complexity index is 506. The van der Waals surface area contributed by atoms with E-state index in [2.05, 4.69) is 9.47 Å². The summed E-state index contributed by atoms with van der Waals surface area (Å²) in [5, 5.41) is -0.675. The van der Waals surface area contributed by atoms with Gasteiger partial charge in [0.15, 0.2) is 0 Å². The summed E-state index contributed by atoms with van der Waals surface area (Å²) >= 11 is 0. The van der Waals surface area contributed by atoms with E-state index in [1.807, 2.05) is 0 Å². The number of rotatable bonds is 3. The normalized spacial score (nSPS) is 9.80. The van der Waals surface area contributed by atoms with E-state index in [0.29, 0.717) is 0 Å². The van der Waals surface area contributed by atoms with E-state index < -0.39 is 24.8 Å². The number of carbonyl (C=O) groups is 2. The fourth-order valence-corrected chi connectivity index (χ4v) is 1.84. The molecule has 1 aromatic carbocycles. The minimum atomic E-state index is -5.09.